The van der Waals surface area contributed by atoms with Crippen LogP contribution >= 0.6 is 0 Å². The second-order valence-corrected chi connectivity index (χ2v) is 8.76. The third-order valence-electron chi connectivity index (χ3n) is 6.11. The van der Waals surface area contributed by atoms with Crippen molar-refractivity contribution in [2.45, 2.75) is 32.9 Å². The van der Waals surface area contributed by atoms with Crippen LogP contribution in [0.1, 0.15) is 36.6 Å². The molecule has 4 aromatic rings. The molecule has 0 spiro atoms. The molecule has 0 bridgehead atoms. The summed E-state index contributed by atoms with van der Waals surface area (Å²) in [6, 6.07) is 11.3. The lowest BCUT2D eigenvalue weighted by molar-refractivity contribution is 0.594. The van der Waals surface area contributed by atoms with Gasteiger partial charge in [0.1, 0.15) is 23.1 Å². The van der Waals surface area contributed by atoms with Crippen LogP contribution in [0.2, 0.25) is 0 Å². The Morgan fingerprint density at radius 2 is 1.97 bits per heavy atom. The van der Waals surface area contributed by atoms with Crippen molar-refractivity contribution in [3.05, 3.63) is 81.3 Å². The number of rotatable bonds is 4. The Bertz CT molecular complexity index is 1570. The first-order valence-corrected chi connectivity index (χ1v) is 11.3. The standard InChI is InChI=1S/C26H22F2N6O/c1-14(2)34-23-10-16(9-21(27)20(23)8-17(11-29)25(34)35)24-22(28)13-31-26(33-24)32-19-4-3-15-5-6-30-12-18(15)7-19/h3-4,7-10,13-14,30H,5-6,12H2,1-2H3,(H,31,32,33). The predicted octanol–water partition coefficient (Wildman–Crippen LogP) is 4.58. The number of halogens is 2. The number of nitrogens with zero attached hydrogens (tertiary/aromatic N) is 4. The topological polar surface area (TPSA) is 95.6 Å². The molecule has 1 aliphatic heterocycles. The van der Waals surface area contributed by atoms with Crippen molar-refractivity contribution in [3.63, 3.8) is 0 Å². The molecule has 0 saturated heterocycles. The molecule has 35 heavy (non-hydrogen) atoms. The van der Waals surface area contributed by atoms with Crippen LogP contribution in [0.4, 0.5) is 20.4 Å². The fourth-order valence-corrected chi connectivity index (χ4v) is 4.44. The van der Waals surface area contributed by atoms with E-state index in [1.54, 1.807) is 13.8 Å². The first-order chi connectivity index (χ1) is 16.9. The quantitative estimate of drug-likeness (QED) is 0.452. The van der Waals surface area contributed by atoms with Gasteiger partial charge >= 0.3 is 0 Å². The molecule has 0 fully saturated rings. The summed E-state index contributed by atoms with van der Waals surface area (Å²) in [5, 5.41) is 15.8. The Hall–Kier alpha value is -4.16. The number of nitriles is 1. The normalized spacial score (nSPS) is 13.0. The number of anilines is 2. The highest BCUT2D eigenvalue weighted by atomic mass is 19.1. The van der Waals surface area contributed by atoms with E-state index in [9.17, 15) is 14.4 Å². The van der Waals surface area contributed by atoms with Crippen LogP contribution in [0.5, 0.6) is 0 Å². The van der Waals surface area contributed by atoms with E-state index in [1.165, 1.54) is 27.8 Å². The lowest BCUT2D eigenvalue weighted by Gasteiger charge is -2.18. The van der Waals surface area contributed by atoms with Crippen molar-refractivity contribution in [3.8, 4) is 17.3 Å². The Morgan fingerprint density at radius 1 is 1.14 bits per heavy atom. The highest BCUT2D eigenvalue weighted by Gasteiger charge is 2.18. The van der Waals surface area contributed by atoms with Crippen molar-refractivity contribution in [1.29, 1.82) is 5.26 Å². The second-order valence-electron chi connectivity index (χ2n) is 8.76. The fourth-order valence-electron chi connectivity index (χ4n) is 4.44. The van der Waals surface area contributed by atoms with Crippen LogP contribution in [-0.4, -0.2) is 21.1 Å². The molecule has 0 radical (unpaired) electrons. The highest BCUT2D eigenvalue weighted by Crippen LogP contribution is 2.30. The molecule has 7 nitrogen and oxygen atoms in total. The molecule has 2 aromatic heterocycles. The van der Waals surface area contributed by atoms with Gasteiger partial charge in [-0.2, -0.15) is 5.26 Å². The molecule has 5 rings (SSSR count). The van der Waals surface area contributed by atoms with Crippen LogP contribution in [0.3, 0.4) is 0 Å². The van der Waals surface area contributed by atoms with Gasteiger partial charge in [0, 0.05) is 29.2 Å². The van der Waals surface area contributed by atoms with Crippen molar-refractivity contribution >= 4 is 22.5 Å². The SMILES string of the molecule is CC(C)n1c(=O)c(C#N)cc2c(F)cc(-c3nc(Nc4ccc5c(c4)CNCC5)ncc3F)cc21. The minimum Gasteiger partial charge on any atom is -0.324 e. The summed E-state index contributed by atoms with van der Waals surface area (Å²) >= 11 is 0. The first kappa shape index (κ1) is 22.6. The zero-order valence-corrected chi connectivity index (χ0v) is 19.2. The summed E-state index contributed by atoms with van der Waals surface area (Å²) in [7, 11) is 0. The maximum Gasteiger partial charge on any atom is 0.269 e. The maximum absolute atomic E-state index is 15.2. The van der Waals surface area contributed by atoms with E-state index in [4.69, 9.17) is 0 Å². The van der Waals surface area contributed by atoms with Gasteiger partial charge in [0.2, 0.25) is 5.95 Å². The second kappa shape index (κ2) is 8.89. The number of benzene rings is 2. The van der Waals surface area contributed by atoms with Crippen molar-refractivity contribution in [2.24, 2.45) is 0 Å². The lowest BCUT2D eigenvalue weighted by atomic mass is 10.0. The Kier molecular flexibility index (Phi) is 5.75. The van der Waals surface area contributed by atoms with Gasteiger partial charge in [0.05, 0.1) is 11.7 Å². The molecule has 0 aliphatic carbocycles. The van der Waals surface area contributed by atoms with Crippen LogP contribution in [-0.2, 0) is 13.0 Å². The monoisotopic (exact) mass is 472 g/mol. The number of hydrogen-bond donors (Lipinski definition) is 2. The summed E-state index contributed by atoms with van der Waals surface area (Å²) in [6.45, 7) is 5.22. The van der Waals surface area contributed by atoms with Crippen LogP contribution in [0.15, 0.2) is 47.4 Å². The number of hydrogen-bond acceptors (Lipinski definition) is 6. The van der Waals surface area contributed by atoms with E-state index in [-0.39, 0.29) is 39.7 Å². The molecule has 0 amide bonds. The lowest BCUT2D eigenvalue weighted by Crippen LogP contribution is -2.24. The molecule has 0 atom stereocenters. The van der Waals surface area contributed by atoms with E-state index < -0.39 is 17.2 Å². The molecular formula is C26H22F2N6O. The van der Waals surface area contributed by atoms with Gasteiger partial charge in [-0.25, -0.2) is 18.7 Å². The van der Waals surface area contributed by atoms with E-state index in [2.05, 4.69) is 20.6 Å². The molecule has 2 N–H and O–H groups in total. The average Bonchev–Trinajstić information content (AvgIpc) is 2.84. The molecular weight excluding hydrogens is 450 g/mol. The molecule has 3 heterocycles. The number of fused-ring (bicyclic) bond motifs is 2. The smallest absolute Gasteiger partial charge is 0.269 e. The third kappa shape index (κ3) is 4.13. The average molecular weight is 472 g/mol. The third-order valence-corrected chi connectivity index (χ3v) is 6.11. The van der Waals surface area contributed by atoms with Gasteiger partial charge in [-0.05, 0) is 68.3 Å². The van der Waals surface area contributed by atoms with Crippen LogP contribution in [0.25, 0.3) is 22.2 Å². The molecule has 1 aliphatic rings. The summed E-state index contributed by atoms with van der Waals surface area (Å²) in [4.78, 5) is 21.1. The number of nitrogens with one attached hydrogen (secondary N) is 2. The van der Waals surface area contributed by atoms with E-state index in [1.807, 2.05) is 24.3 Å². The zero-order valence-electron chi connectivity index (χ0n) is 19.2. The Labute approximate surface area is 200 Å². The zero-order chi connectivity index (χ0) is 24.7. The molecule has 2 aromatic carbocycles. The van der Waals surface area contributed by atoms with Gasteiger partial charge in [0.25, 0.3) is 5.56 Å². The number of aromatic nitrogens is 3. The van der Waals surface area contributed by atoms with Crippen molar-refractivity contribution in [2.75, 3.05) is 11.9 Å². The van der Waals surface area contributed by atoms with Gasteiger partial charge in [-0.1, -0.05) is 6.07 Å². The minimum atomic E-state index is -0.726. The van der Waals surface area contributed by atoms with Crippen molar-refractivity contribution in [1.82, 2.24) is 19.9 Å². The minimum absolute atomic E-state index is 0.102. The van der Waals surface area contributed by atoms with Crippen LogP contribution < -0.4 is 16.2 Å². The first-order valence-electron chi connectivity index (χ1n) is 11.3. The Morgan fingerprint density at radius 3 is 2.74 bits per heavy atom. The maximum atomic E-state index is 15.2. The predicted molar refractivity (Wildman–Crippen MR) is 129 cm³/mol. The van der Waals surface area contributed by atoms with Gasteiger partial charge in [0.15, 0.2) is 5.82 Å². The summed E-state index contributed by atoms with van der Waals surface area (Å²) in [6.07, 6.45) is 1.98. The van der Waals surface area contributed by atoms with Crippen molar-refractivity contribution < 1.29 is 8.78 Å². The Balaban J connectivity index is 1.60. The van der Waals surface area contributed by atoms with E-state index >= 15 is 4.39 Å². The highest BCUT2D eigenvalue weighted by molar-refractivity contribution is 5.86. The molecule has 9 heteroatoms. The number of pyridine rings is 1. The van der Waals surface area contributed by atoms with E-state index in [0.717, 1.165) is 37.5 Å². The summed E-state index contributed by atoms with van der Waals surface area (Å²) in [5.74, 6) is -1.25. The van der Waals surface area contributed by atoms with Crippen LogP contribution in [0, 0.1) is 23.0 Å². The van der Waals surface area contributed by atoms with Gasteiger partial charge in [-0.3, -0.25) is 4.79 Å². The summed E-state index contributed by atoms with van der Waals surface area (Å²) < 4.78 is 31.3. The summed E-state index contributed by atoms with van der Waals surface area (Å²) in [5.41, 5.74) is 2.83. The van der Waals surface area contributed by atoms with Gasteiger partial charge in [-0.15, -0.1) is 0 Å². The molecule has 0 saturated carbocycles. The molecule has 176 valence electrons. The molecule has 0 unspecified atom stereocenters. The van der Waals surface area contributed by atoms with E-state index in [0.29, 0.717) is 0 Å². The largest absolute Gasteiger partial charge is 0.324 e. The van der Waals surface area contributed by atoms with Gasteiger partial charge < -0.3 is 15.2 Å². The fraction of sp³-hybridized carbons (Fsp3) is 0.231.